The summed E-state index contributed by atoms with van der Waals surface area (Å²) in [5, 5.41) is 7.37. The molecule has 138 valence electrons. The van der Waals surface area contributed by atoms with Crippen LogP contribution in [-0.2, 0) is 11.3 Å². The van der Waals surface area contributed by atoms with Gasteiger partial charge in [0.1, 0.15) is 0 Å². The number of carbonyl (C=O) groups is 1. The Morgan fingerprint density at radius 3 is 2.77 bits per heavy atom. The second kappa shape index (κ2) is 8.04. The van der Waals surface area contributed by atoms with Gasteiger partial charge in [0, 0.05) is 37.9 Å². The summed E-state index contributed by atoms with van der Waals surface area (Å²) in [5.74, 6) is 0.899. The van der Waals surface area contributed by atoms with Gasteiger partial charge in [0.2, 0.25) is 5.91 Å². The first kappa shape index (κ1) is 17.3. The molecule has 0 spiro atoms. The Morgan fingerprint density at radius 1 is 1.19 bits per heavy atom. The number of hydrogen-bond acceptors (Lipinski definition) is 3. The number of amides is 1. The predicted molar refractivity (Wildman–Crippen MR) is 102 cm³/mol. The van der Waals surface area contributed by atoms with Gasteiger partial charge in [0.25, 0.3) is 0 Å². The van der Waals surface area contributed by atoms with Crippen LogP contribution in [0.4, 0.5) is 0 Å². The molecule has 1 amide bonds. The molecule has 26 heavy (non-hydrogen) atoms. The van der Waals surface area contributed by atoms with Crippen molar-refractivity contribution in [2.45, 2.75) is 51.1 Å². The summed E-state index contributed by atoms with van der Waals surface area (Å²) in [5.41, 5.74) is 2.44. The molecule has 1 saturated heterocycles. The van der Waals surface area contributed by atoms with Crippen LogP contribution in [-0.4, -0.2) is 39.7 Å². The van der Waals surface area contributed by atoms with E-state index in [-0.39, 0.29) is 5.91 Å². The fraction of sp³-hybridized carbons (Fsp3) is 0.524. The van der Waals surface area contributed by atoms with Gasteiger partial charge < -0.3 is 5.32 Å². The third-order valence-electron chi connectivity index (χ3n) is 5.44. The Labute approximate surface area is 155 Å². The van der Waals surface area contributed by atoms with Gasteiger partial charge in [-0.05, 0) is 68.3 Å². The fourth-order valence-corrected chi connectivity index (χ4v) is 3.83. The second-order valence-electron chi connectivity index (χ2n) is 7.74. The lowest BCUT2D eigenvalue weighted by molar-refractivity contribution is -0.121. The van der Waals surface area contributed by atoms with E-state index in [2.05, 4.69) is 39.6 Å². The van der Waals surface area contributed by atoms with Gasteiger partial charge >= 0.3 is 0 Å². The largest absolute Gasteiger partial charge is 0.353 e. The molecule has 2 aliphatic rings. The first-order chi connectivity index (χ1) is 12.8. The molecule has 1 atom stereocenters. The molecular formula is C21H28N4O. The number of nitrogens with one attached hydrogen (secondary N) is 1. The molecule has 4 rings (SSSR count). The molecular weight excluding hydrogens is 324 g/mol. The average molecular weight is 352 g/mol. The van der Waals surface area contributed by atoms with Crippen molar-refractivity contribution in [1.82, 2.24) is 20.0 Å². The van der Waals surface area contributed by atoms with Gasteiger partial charge in [0.15, 0.2) is 0 Å². The monoisotopic (exact) mass is 352 g/mol. The summed E-state index contributed by atoms with van der Waals surface area (Å²) in [6, 6.07) is 11.1. The Bertz CT molecular complexity index is 706. The number of piperidine rings is 1. The zero-order valence-electron chi connectivity index (χ0n) is 15.3. The minimum Gasteiger partial charge on any atom is -0.353 e. The van der Waals surface area contributed by atoms with Crippen molar-refractivity contribution in [3.05, 3.63) is 48.3 Å². The molecule has 1 unspecified atom stereocenters. The Morgan fingerprint density at radius 2 is 2.04 bits per heavy atom. The minimum atomic E-state index is 0.249. The lowest BCUT2D eigenvalue weighted by Crippen LogP contribution is -2.35. The molecule has 1 aromatic heterocycles. The Balaban J connectivity index is 1.25. The van der Waals surface area contributed by atoms with Gasteiger partial charge in [-0.3, -0.25) is 9.69 Å². The first-order valence-corrected chi connectivity index (χ1v) is 9.87. The molecule has 2 fully saturated rings. The highest BCUT2D eigenvalue weighted by molar-refractivity contribution is 5.76. The summed E-state index contributed by atoms with van der Waals surface area (Å²) < 4.78 is 1.88. The number of rotatable bonds is 7. The van der Waals surface area contributed by atoms with E-state index in [9.17, 15) is 4.79 Å². The van der Waals surface area contributed by atoms with Crippen LogP contribution < -0.4 is 5.32 Å². The zero-order chi connectivity index (χ0) is 17.8. The third kappa shape index (κ3) is 4.73. The zero-order valence-corrected chi connectivity index (χ0v) is 15.3. The number of hydrogen-bond donors (Lipinski definition) is 1. The maximum Gasteiger partial charge on any atom is 0.220 e. The molecule has 2 heterocycles. The standard InChI is InChI=1S/C21H28N4O/c26-21(23-19-7-8-19)11-6-17-3-1-13-24(15-17)16-18-4-9-20(10-5-18)25-14-2-12-22-25/h2,4-5,9-10,12,14,17,19H,1,3,6-8,11,13,15-16H2,(H,23,26). The van der Waals surface area contributed by atoms with Gasteiger partial charge in [-0.15, -0.1) is 0 Å². The number of carbonyl (C=O) groups excluding carboxylic acids is 1. The van der Waals surface area contributed by atoms with Crippen LogP contribution in [0.1, 0.15) is 44.1 Å². The molecule has 1 aliphatic heterocycles. The Hall–Kier alpha value is -2.14. The summed E-state index contributed by atoms with van der Waals surface area (Å²) in [6.07, 6.45) is 10.3. The number of benzene rings is 1. The van der Waals surface area contributed by atoms with Crippen molar-refractivity contribution in [3.8, 4) is 5.69 Å². The van der Waals surface area contributed by atoms with Gasteiger partial charge in [0.05, 0.1) is 5.69 Å². The number of nitrogens with zero attached hydrogens (tertiary/aromatic N) is 3. The summed E-state index contributed by atoms with van der Waals surface area (Å²) in [6.45, 7) is 3.26. The first-order valence-electron chi connectivity index (χ1n) is 9.87. The van der Waals surface area contributed by atoms with Gasteiger partial charge in [-0.2, -0.15) is 5.10 Å². The van der Waals surface area contributed by atoms with Crippen molar-refractivity contribution in [3.63, 3.8) is 0 Å². The second-order valence-corrected chi connectivity index (χ2v) is 7.74. The van der Waals surface area contributed by atoms with Crippen LogP contribution >= 0.6 is 0 Å². The highest BCUT2D eigenvalue weighted by atomic mass is 16.1. The van der Waals surface area contributed by atoms with Crippen LogP contribution in [0, 0.1) is 5.92 Å². The van der Waals surface area contributed by atoms with Crippen LogP contribution in [0.2, 0.25) is 0 Å². The van der Waals surface area contributed by atoms with E-state index in [0.29, 0.717) is 18.4 Å². The highest BCUT2D eigenvalue weighted by Gasteiger charge is 2.24. The molecule has 5 nitrogen and oxygen atoms in total. The maximum absolute atomic E-state index is 11.9. The third-order valence-corrected chi connectivity index (χ3v) is 5.44. The predicted octanol–water partition coefficient (Wildman–Crippen LogP) is 3.14. The van der Waals surface area contributed by atoms with Crippen molar-refractivity contribution < 1.29 is 4.79 Å². The van der Waals surface area contributed by atoms with E-state index in [1.807, 2.05) is 16.9 Å². The van der Waals surface area contributed by atoms with E-state index in [1.165, 1.54) is 31.2 Å². The van der Waals surface area contributed by atoms with Crippen LogP contribution in [0.3, 0.4) is 0 Å². The van der Waals surface area contributed by atoms with E-state index in [0.717, 1.165) is 31.7 Å². The van der Waals surface area contributed by atoms with Gasteiger partial charge in [-0.25, -0.2) is 4.68 Å². The molecule has 5 heteroatoms. The highest BCUT2D eigenvalue weighted by Crippen LogP contribution is 2.24. The molecule has 0 bridgehead atoms. The smallest absolute Gasteiger partial charge is 0.220 e. The van der Waals surface area contributed by atoms with Crippen LogP contribution in [0.5, 0.6) is 0 Å². The van der Waals surface area contributed by atoms with Crippen molar-refractivity contribution >= 4 is 5.91 Å². The van der Waals surface area contributed by atoms with E-state index in [4.69, 9.17) is 0 Å². The summed E-state index contributed by atoms with van der Waals surface area (Å²) in [7, 11) is 0. The average Bonchev–Trinajstić information content (AvgIpc) is 3.30. The minimum absolute atomic E-state index is 0.249. The van der Waals surface area contributed by atoms with Crippen molar-refractivity contribution in [2.24, 2.45) is 5.92 Å². The quantitative estimate of drug-likeness (QED) is 0.833. The summed E-state index contributed by atoms with van der Waals surface area (Å²) in [4.78, 5) is 14.4. The van der Waals surface area contributed by atoms with E-state index >= 15 is 0 Å². The molecule has 2 aromatic rings. The lowest BCUT2D eigenvalue weighted by Gasteiger charge is -2.32. The van der Waals surface area contributed by atoms with Gasteiger partial charge in [-0.1, -0.05) is 12.1 Å². The SMILES string of the molecule is O=C(CCC1CCCN(Cc2ccc(-n3cccn3)cc2)C1)NC1CC1. The molecule has 1 saturated carbocycles. The fourth-order valence-electron chi connectivity index (χ4n) is 3.83. The topological polar surface area (TPSA) is 50.2 Å². The maximum atomic E-state index is 11.9. The van der Waals surface area contributed by atoms with Crippen molar-refractivity contribution in [1.29, 1.82) is 0 Å². The number of aromatic nitrogens is 2. The number of likely N-dealkylation sites (tertiary alicyclic amines) is 1. The normalized spacial score (nSPS) is 20.8. The Kier molecular flexibility index (Phi) is 5.34. The van der Waals surface area contributed by atoms with E-state index in [1.54, 1.807) is 6.20 Å². The van der Waals surface area contributed by atoms with Crippen LogP contribution in [0.15, 0.2) is 42.7 Å². The molecule has 0 radical (unpaired) electrons. The molecule has 1 aliphatic carbocycles. The van der Waals surface area contributed by atoms with Crippen LogP contribution in [0.25, 0.3) is 5.69 Å². The van der Waals surface area contributed by atoms with E-state index < -0.39 is 0 Å². The lowest BCUT2D eigenvalue weighted by atomic mass is 9.93. The van der Waals surface area contributed by atoms with Crippen molar-refractivity contribution in [2.75, 3.05) is 13.1 Å². The molecule has 1 aromatic carbocycles. The summed E-state index contributed by atoms with van der Waals surface area (Å²) >= 11 is 0. The molecule has 1 N–H and O–H groups in total.